The van der Waals surface area contributed by atoms with Crippen LogP contribution < -0.4 is 0 Å². The first kappa shape index (κ1) is 17.7. The maximum Gasteiger partial charge on any atom is 0.236 e. The van der Waals surface area contributed by atoms with Crippen LogP contribution in [0.2, 0.25) is 0 Å². The average Bonchev–Trinajstić information content (AvgIpc) is 3.17. The Balaban J connectivity index is 1.41. The number of furan rings is 1. The molecule has 3 heterocycles. The average molecular weight is 346 g/mol. The van der Waals surface area contributed by atoms with E-state index in [2.05, 4.69) is 15.0 Å². The first-order valence-corrected chi connectivity index (χ1v) is 8.66. The quantitative estimate of drug-likeness (QED) is 0.793. The number of hydrogen-bond acceptors (Lipinski definition) is 6. The van der Waals surface area contributed by atoms with Crippen molar-refractivity contribution in [2.24, 2.45) is 0 Å². The normalized spacial score (nSPS) is 16.3. The van der Waals surface area contributed by atoms with Crippen molar-refractivity contribution in [1.82, 2.24) is 19.9 Å². The molecule has 0 spiro atoms. The van der Waals surface area contributed by atoms with Gasteiger partial charge in [-0.15, -0.1) is 0 Å². The highest BCUT2D eigenvalue weighted by Gasteiger charge is 2.21. The van der Waals surface area contributed by atoms with E-state index < -0.39 is 0 Å². The van der Waals surface area contributed by atoms with Gasteiger partial charge in [0.15, 0.2) is 5.76 Å². The van der Waals surface area contributed by atoms with Gasteiger partial charge in [0.05, 0.1) is 25.3 Å². The van der Waals surface area contributed by atoms with E-state index in [1.807, 2.05) is 39.1 Å². The van der Waals surface area contributed by atoms with Crippen LogP contribution in [0.4, 0.5) is 0 Å². The molecule has 0 unspecified atom stereocenters. The molecule has 1 saturated heterocycles. The van der Waals surface area contributed by atoms with Crippen molar-refractivity contribution in [2.45, 2.75) is 26.9 Å². The maximum absolute atomic E-state index is 12.4. The monoisotopic (exact) mass is 346 g/mol. The van der Waals surface area contributed by atoms with Crippen molar-refractivity contribution in [3.8, 4) is 0 Å². The molecule has 0 aromatic carbocycles. The molecule has 1 amide bonds. The second-order valence-corrected chi connectivity index (χ2v) is 6.75. The summed E-state index contributed by atoms with van der Waals surface area (Å²) in [4.78, 5) is 18.7. The number of piperazine rings is 1. The zero-order chi connectivity index (χ0) is 17.8. The van der Waals surface area contributed by atoms with Crippen LogP contribution in [0.5, 0.6) is 0 Å². The lowest BCUT2D eigenvalue weighted by Gasteiger charge is -2.34. The molecule has 0 N–H and O–H groups in total. The van der Waals surface area contributed by atoms with Gasteiger partial charge in [-0.25, -0.2) is 0 Å². The van der Waals surface area contributed by atoms with Gasteiger partial charge in [-0.2, -0.15) is 0 Å². The molecule has 25 heavy (non-hydrogen) atoms. The van der Waals surface area contributed by atoms with E-state index in [9.17, 15) is 4.79 Å². The Kier molecular flexibility index (Phi) is 5.55. The molecular formula is C18H26N4O3. The molecule has 3 rings (SSSR count). The fourth-order valence-electron chi connectivity index (χ4n) is 3.02. The Morgan fingerprint density at radius 2 is 1.88 bits per heavy atom. The molecule has 1 fully saturated rings. The molecule has 0 radical (unpaired) electrons. The highest BCUT2D eigenvalue weighted by molar-refractivity contribution is 5.77. The van der Waals surface area contributed by atoms with Crippen LogP contribution >= 0.6 is 0 Å². The SMILES string of the molecule is Cc1cc(CN2CCN(CC(=O)N(C)Cc3ccc(C)o3)CC2)on1. The zero-order valence-corrected chi connectivity index (χ0v) is 15.2. The fourth-order valence-corrected chi connectivity index (χ4v) is 3.02. The number of carbonyl (C=O) groups excluding carboxylic acids is 1. The summed E-state index contributed by atoms with van der Waals surface area (Å²) in [6.45, 7) is 9.19. The lowest BCUT2D eigenvalue weighted by molar-refractivity contribution is -0.132. The Hall–Kier alpha value is -2.12. The molecule has 136 valence electrons. The molecule has 7 heteroatoms. The molecule has 2 aromatic heterocycles. The van der Waals surface area contributed by atoms with Gasteiger partial charge in [0.2, 0.25) is 5.91 Å². The van der Waals surface area contributed by atoms with E-state index in [1.165, 1.54) is 0 Å². The van der Waals surface area contributed by atoms with E-state index in [0.29, 0.717) is 13.1 Å². The molecule has 1 aliphatic rings. The van der Waals surface area contributed by atoms with Crippen molar-refractivity contribution in [3.05, 3.63) is 41.2 Å². The van der Waals surface area contributed by atoms with E-state index in [4.69, 9.17) is 8.94 Å². The van der Waals surface area contributed by atoms with Gasteiger partial charge in [-0.05, 0) is 26.0 Å². The van der Waals surface area contributed by atoms with Crippen LogP contribution in [0.1, 0.15) is 23.0 Å². The summed E-state index contributed by atoms with van der Waals surface area (Å²) in [5.74, 6) is 2.71. The predicted octanol–water partition coefficient (Wildman–Crippen LogP) is 1.66. The van der Waals surface area contributed by atoms with Crippen LogP contribution in [0.15, 0.2) is 27.1 Å². The number of carbonyl (C=O) groups is 1. The molecular weight excluding hydrogens is 320 g/mol. The van der Waals surface area contributed by atoms with Crippen molar-refractivity contribution < 1.29 is 13.7 Å². The molecule has 0 saturated carbocycles. The van der Waals surface area contributed by atoms with Gasteiger partial charge in [-0.3, -0.25) is 14.6 Å². The summed E-state index contributed by atoms with van der Waals surface area (Å²) < 4.78 is 10.8. The van der Waals surface area contributed by atoms with Crippen LogP contribution in [0.3, 0.4) is 0 Å². The summed E-state index contributed by atoms with van der Waals surface area (Å²) in [6.07, 6.45) is 0. The predicted molar refractivity (Wildman–Crippen MR) is 92.9 cm³/mol. The Labute approximate surface area is 148 Å². The molecule has 0 atom stereocenters. The van der Waals surface area contributed by atoms with Crippen molar-refractivity contribution in [1.29, 1.82) is 0 Å². The fraction of sp³-hybridized carbons (Fsp3) is 0.556. The van der Waals surface area contributed by atoms with Gasteiger partial charge in [0, 0.05) is 39.3 Å². The summed E-state index contributed by atoms with van der Waals surface area (Å²) >= 11 is 0. The van der Waals surface area contributed by atoms with Crippen LogP contribution in [-0.2, 0) is 17.9 Å². The number of amides is 1. The van der Waals surface area contributed by atoms with E-state index in [1.54, 1.807) is 4.90 Å². The van der Waals surface area contributed by atoms with Crippen molar-refractivity contribution in [2.75, 3.05) is 39.8 Å². The third-order valence-corrected chi connectivity index (χ3v) is 4.49. The van der Waals surface area contributed by atoms with Crippen LogP contribution in [-0.4, -0.2) is 65.5 Å². The molecule has 7 nitrogen and oxygen atoms in total. The summed E-state index contributed by atoms with van der Waals surface area (Å²) in [5.41, 5.74) is 0.911. The third kappa shape index (κ3) is 4.93. The minimum atomic E-state index is 0.119. The minimum Gasteiger partial charge on any atom is -0.464 e. The first-order valence-electron chi connectivity index (χ1n) is 8.66. The smallest absolute Gasteiger partial charge is 0.236 e. The summed E-state index contributed by atoms with van der Waals surface area (Å²) in [7, 11) is 1.82. The highest BCUT2D eigenvalue weighted by Crippen LogP contribution is 2.11. The molecule has 1 aliphatic heterocycles. The van der Waals surface area contributed by atoms with Crippen molar-refractivity contribution >= 4 is 5.91 Å². The second kappa shape index (κ2) is 7.84. The minimum absolute atomic E-state index is 0.119. The second-order valence-electron chi connectivity index (χ2n) is 6.75. The number of aromatic nitrogens is 1. The van der Waals surface area contributed by atoms with E-state index in [-0.39, 0.29) is 5.91 Å². The zero-order valence-electron chi connectivity index (χ0n) is 15.2. The van der Waals surface area contributed by atoms with Gasteiger partial charge in [0.25, 0.3) is 0 Å². The lowest BCUT2D eigenvalue weighted by Crippen LogP contribution is -2.49. The molecule has 0 bridgehead atoms. The summed E-state index contributed by atoms with van der Waals surface area (Å²) in [6, 6.07) is 5.81. The Morgan fingerprint density at radius 3 is 2.48 bits per heavy atom. The number of hydrogen-bond donors (Lipinski definition) is 0. The largest absolute Gasteiger partial charge is 0.464 e. The number of likely N-dealkylation sites (N-methyl/N-ethyl adjacent to an activating group) is 1. The first-order chi connectivity index (χ1) is 12.0. The van der Waals surface area contributed by atoms with E-state index >= 15 is 0 Å². The number of aryl methyl sites for hydroxylation is 2. The standard InChI is InChI=1S/C18H26N4O3/c1-14-10-17(25-19-14)12-21-6-8-22(9-7-21)13-18(23)20(3)11-16-5-4-15(2)24-16/h4-5,10H,6-9,11-13H2,1-3H3. The van der Waals surface area contributed by atoms with Gasteiger partial charge in [-0.1, -0.05) is 5.16 Å². The number of rotatable bonds is 6. The van der Waals surface area contributed by atoms with Crippen molar-refractivity contribution in [3.63, 3.8) is 0 Å². The van der Waals surface area contributed by atoms with Gasteiger partial charge < -0.3 is 13.8 Å². The summed E-state index contributed by atoms with van der Waals surface area (Å²) in [5, 5.41) is 3.92. The van der Waals surface area contributed by atoms with Gasteiger partial charge >= 0.3 is 0 Å². The lowest BCUT2D eigenvalue weighted by atomic mass is 10.2. The van der Waals surface area contributed by atoms with E-state index in [0.717, 1.165) is 55.7 Å². The topological polar surface area (TPSA) is 66.0 Å². The highest BCUT2D eigenvalue weighted by atomic mass is 16.5. The molecule has 0 aliphatic carbocycles. The third-order valence-electron chi connectivity index (χ3n) is 4.49. The van der Waals surface area contributed by atoms with Crippen LogP contribution in [0.25, 0.3) is 0 Å². The Bertz CT molecular complexity index is 701. The van der Waals surface area contributed by atoms with Gasteiger partial charge in [0.1, 0.15) is 11.5 Å². The maximum atomic E-state index is 12.4. The van der Waals surface area contributed by atoms with Crippen LogP contribution in [0, 0.1) is 13.8 Å². The Morgan fingerprint density at radius 1 is 1.16 bits per heavy atom. The number of nitrogens with zero attached hydrogens (tertiary/aromatic N) is 4. The molecule has 2 aromatic rings.